The third kappa shape index (κ3) is 3.50. The van der Waals surface area contributed by atoms with Crippen LogP contribution in [0.1, 0.15) is 36.9 Å². The van der Waals surface area contributed by atoms with Crippen LogP contribution < -0.4 is 5.73 Å². The fraction of sp³-hybridized carbons (Fsp3) is 0.571. The van der Waals surface area contributed by atoms with Gasteiger partial charge in [-0.1, -0.05) is 31.1 Å². The zero-order chi connectivity index (χ0) is 13.0. The number of nitrogens with zero attached hydrogens (tertiary/aromatic N) is 2. The molecular formula is C14H21N3S. The van der Waals surface area contributed by atoms with E-state index >= 15 is 0 Å². The van der Waals surface area contributed by atoms with Crippen molar-refractivity contribution in [2.75, 3.05) is 13.6 Å². The molecule has 0 aromatic carbocycles. The van der Waals surface area contributed by atoms with Crippen LogP contribution in [0.5, 0.6) is 0 Å². The molecule has 1 saturated carbocycles. The van der Waals surface area contributed by atoms with E-state index < -0.39 is 0 Å². The minimum absolute atomic E-state index is 0.389. The van der Waals surface area contributed by atoms with Crippen LogP contribution >= 0.6 is 12.2 Å². The molecular weight excluding hydrogens is 242 g/mol. The van der Waals surface area contributed by atoms with E-state index in [1.54, 1.807) is 6.20 Å². The Hall–Kier alpha value is -1.00. The third-order valence-electron chi connectivity index (χ3n) is 3.61. The monoisotopic (exact) mass is 263 g/mol. The molecule has 1 aliphatic rings. The van der Waals surface area contributed by atoms with E-state index in [9.17, 15) is 0 Å². The number of aromatic nitrogens is 1. The lowest BCUT2D eigenvalue weighted by Crippen LogP contribution is -2.26. The number of thiocarbonyl (C=S) groups is 1. The highest BCUT2D eigenvalue weighted by Gasteiger charge is 2.17. The highest BCUT2D eigenvalue weighted by Crippen LogP contribution is 2.25. The Morgan fingerprint density at radius 3 is 2.89 bits per heavy atom. The minimum atomic E-state index is 0.389. The maximum absolute atomic E-state index is 5.70. The van der Waals surface area contributed by atoms with E-state index in [0.29, 0.717) is 4.99 Å². The predicted octanol–water partition coefficient (Wildman–Crippen LogP) is 2.34. The van der Waals surface area contributed by atoms with Gasteiger partial charge in [-0.2, -0.15) is 0 Å². The van der Waals surface area contributed by atoms with E-state index in [0.717, 1.165) is 30.3 Å². The average Bonchev–Trinajstić information content (AvgIpc) is 2.82. The van der Waals surface area contributed by atoms with Gasteiger partial charge in [0.2, 0.25) is 0 Å². The first-order valence-electron chi connectivity index (χ1n) is 6.59. The highest BCUT2D eigenvalue weighted by molar-refractivity contribution is 7.80. The van der Waals surface area contributed by atoms with Crippen molar-refractivity contribution in [3.05, 3.63) is 29.6 Å². The molecule has 0 unspecified atom stereocenters. The molecule has 1 aliphatic carbocycles. The molecule has 0 amide bonds. The minimum Gasteiger partial charge on any atom is -0.388 e. The van der Waals surface area contributed by atoms with E-state index in [1.165, 1.54) is 25.7 Å². The first kappa shape index (κ1) is 13.4. The molecule has 98 valence electrons. The molecule has 1 aromatic rings. The van der Waals surface area contributed by atoms with Crippen LogP contribution in [0, 0.1) is 5.92 Å². The van der Waals surface area contributed by atoms with Crippen molar-refractivity contribution in [1.29, 1.82) is 0 Å². The summed E-state index contributed by atoms with van der Waals surface area (Å²) in [6.45, 7) is 2.03. The largest absolute Gasteiger partial charge is 0.388 e. The number of nitrogens with two attached hydrogens (primary N) is 1. The fourth-order valence-electron chi connectivity index (χ4n) is 2.78. The third-order valence-corrected chi connectivity index (χ3v) is 3.80. The molecule has 0 spiro atoms. The second-order valence-corrected chi connectivity index (χ2v) is 5.66. The van der Waals surface area contributed by atoms with Gasteiger partial charge in [0.05, 0.1) is 0 Å². The zero-order valence-corrected chi connectivity index (χ0v) is 11.7. The Morgan fingerprint density at radius 1 is 1.50 bits per heavy atom. The van der Waals surface area contributed by atoms with Crippen LogP contribution in [-0.4, -0.2) is 28.5 Å². The summed E-state index contributed by atoms with van der Waals surface area (Å²) in [5.74, 6) is 0.861. The van der Waals surface area contributed by atoms with Crippen molar-refractivity contribution in [2.45, 2.75) is 32.2 Å². The van der Waals surface area contributed by atoms with Crippen LogP contribution in [0.2, 0.25) is 0 Å². The Labute approximate surface area is 114 Å². The summed E-state index contributed by atoms with van der Waals surface area (Å²) in [7, 11) is 2.16. The number of hydrogen-bond donors (Lipinski definition) is 1. The van der Waals surface area contributed by atoms with Crippen LogP contribution in [0.4, 0.5) is 0 Å². The molecule has 2 rings (SSSR count). The zero-order valence-electron chi connectivity index (χ0n) is 10.9. The first-order valence-corrected chi connectivity index (χ1v) is 7.00. The van der Waals surface area contributed by atoms with Crippen LogP contribution in [-0.2, 0) is 6.54 Å². The molecule has 0 saturated heterocycles. The molecule has 0 radical (unpaired) electrons. The number of hydrogen-bond acceptors (Lipinski definition) is 3. The van der Waals surface area contributed by atoms with Gasteiger partial charge in [0.25, 0.3) is 0 Å². The maximum atomic E-state index is 5.70. The molecule has 1 fully saturated rings. The standard InChI is InChI=1S/C14H21N3S/c1-17(9-11-5-2-3-6-11)10-12-7-4-8-16-13(12)14(15)18/h4,7-8,11H,2-3,5-6,9-10H2,1H3,(H2,15,18). The smallest absolute Gasteiger partial charge is 0.123 e. The quantitative estimate of drug-likeness (QED) is 0.828. The maximum Gasteiger partial charge on any atom is 0.123 e. The summed E-state index contributed by atoms with van der Waals surface area (Å²) in [4.78, 5) is 7.01. The Kier molecular flexibility index (Phi) is 4.66. The van der Waals surface area contributed by atoms with E-state index in [1.807, 2.05) is 6.07 Å². The van der Waals surface area contributed by atoms with Gasteiger partial charge in [-0.25, -0.2) is 0 Å². The number of pyridine rings is 1. The van der Waals surface area contributed by atoms with Crippen LogP contribution in [0.15, 0.2) is 18.3 Å². The van der Waals surface area contributed by atoms with Gasteiger partial charge in [-0.15, -0.1) is 0 Å². The van der Waals surface area contributed by atoms with Gasteiger partial charge < -0.3 is 10.6 Å². The lowest BCUT2D eigenvalue weighted by Gasteiger charge is -2.21. The van der Waals surface area contributed by atoms with Crippen molar-refractivity contribution in [2.24, 2.45) is 11.7 Å². The van der Waals surface area contributed by atoms with E-state index in [4.69, 9.17) is 18.0 Å². The second kappa shape index (κ2) is 6.25. The van der Waals surface area contributed by atoms with E-state index in [2.05, 4.69) is 23.0 Å². The summed E-state index contributed by atoms with van der Waals surface area (Å²) in [5, 5.41) is 0. The van der Waals surface area contributed by atoms with Crippen molar-refractivity contribution < 1.29 is 0 Å². The Bertz CT molecular complexity index is 413. The second-order valence-electron chi connectivity index (χ2n) is 5.22. The van der Waals surface area contributed by atoms with Gasteiger partial charge in [0.1, 0.15) is 10.7 Å². The van der Waals surface area contributed by atoms with Crippen LogP contribution in [0.25, 0.3) is 0 Å². The molecule has 0 bridgehead atoms. The van der Waals surface area contributed by atoms with Crippen LogP contribution in [0.3, 0.4) is 0 Å². The molecule has 0 atom stereocenters. The summed E-state index contributed by atoms with van der Waals surface area (Å²) < 4.78 is 0. The Balaban J connectivity index is 1.97. The molecule has 0 aliphatic heterocycles. The van der Waals surface area contributed by atoms with Gasteiger partial charge in [0.15, 0.2) is 0 Å². The lowest BCUT2D eigenvalue weighted by molar-refractivity contribution is 0.271. The molecule has 1 heterocycles. The molecule has 4 heteroatoms. The fourth-order valence-corrected chi connectivity index (χ4v) is 2.96. The van der Waals surface area contributed by atoms with Gasteiger partial charge >= 0.3 is 0 Å². The summed E-state index contributed by atoms with van der Waals surface area (Å²) in [5.41, 5.74) is 7.60. The summed E-state index contributed by atoms with van der Waals surface area (Å²) in [6.07, 6.45) is 7.28. The Morgan fingerprint density at radius 2 is 2.22 bits per heavy atom. The van der Waals surface area contributed by atoms with Crippen molar-refractivity contribution in [3.8, 4) is 0 Å². The number of rotatable bonds is 5. The first-order chi connectivity index (χ1) is 8.66. The van der Waals surface area contributed by atoms with Gasteiger partial charge in [-0.05, 0) is 37.4 Å². The highest BCUT2D eigenvalue weighted by atomic mass is 32.1. The average molecular weight is 263 g/mol. The SMILES string of the molecule is CN(Cc1cccnc1C(N)=S)CC1CCCC1. The topological polar surface area (TPSA) is 42.2 Å². The normalized spacial score (nSPS) is 16.3. The van der Waals surface area contributed by atoms with Gasteiger partial charge in [-0.3, -0.25) is 4.98 Å². The predicted molar refractivity (Wildman–Crippen MR) is 78.4 cm³/mol. The van der Waals surface area contributed by atoms with Crippen molar-refractivity contribution >= 4 is 17.2 Å². The van der Waals surface area contributed by atoms with E-state index in [-0.39, 0.29) is 0 Å². The van der Waals surface area contributed by atoms with Gasteiger partial charge in [0, 0.05) is 19.3 Å². The van der Waals surface area contributed by atoms with Crippen molar-refractivity contribution in [1.82, 2.24) is 9.88 Å². The molecule has 1 aromatic heterocycles. The summed E-state index contributed by atoms with van der Waals surface area (Å²) in [6, 6.07) is 4.01. The molecule has 2 N–H and O–H groups in total. The summed E-state index contributed by atoms with van der Waals surface area (Å²) >= 11 is 5.04. The molecule has 3 nitrogen and oxygen atoms in total. The lowest BCUT2D eigenvalue weighted by atomic mass is 10.1. The molecule has 18 heavy (non-hydrogen) atoms. The van der Waals surface area contributed by atoms with Crippen molar-refractivity contribution in [3.63, 3.8) is 0 Å².